The topological polar surface area (TPSA) is 97.0 Å². The average molecular weight is 483 g/mol. The normalized spacial score (nSPS) is 11.5. The van der Waals surface area contributed by atoms with Crippen LogP contribution in [0.5, 0.6) is 5.75 Å². The summed E-state index contributed by atoms with van der Waals surface area (Å²) in [7, 11) is -2.24. The molecule has 35 heavy (non-hydrogen) atoms. The highest BCUT2D eigenvalue weighted by Crippen LogP contribution is 2.36. The maximum absolute atomic E-state index is 13.1. The fourth-order valence-corrected chi connectivity index (χ4v) is 5.64. The van der Waals surface area contributed by atoms with Gasteiger partial charge in [-0.05, 0) is 48.9 Å². The van der Waals surface area contributed by atoms with E-state index >= 15 is 0 Å². The molecule has 0 aliphatic heterocycles. The van der Waals surface area contributed by atoms with Crippen LogP contribution in [0, 0.1) is 11.3 Å². The predicted octanol–water partition coefficient (Wildman–Crippen LogP) is 5.56. The van der Waals surface area contributed by atoms with E-state index in [-0.39, 0.29) is 4.90 Å². The van der Waals surface area contributed by atoms with Crippen molar-refractivity contribution < 1.29 is 13.2 Å². The van der Waals surface area contributed by atoms with Crippen LogP contribution >= 0.6 is 0 Å². The van der Waals surface area contributed by atoms with E-state index < -0.39 is 10.0 Å². The van der Waals surface area contributed by atoms with Gasteiger partial charge in [0.15, 0.2) is 0 Å². The molecule has 0 aliphatic rings. The fourth-order valence-electron chi connectivity index (χ4n) is 4.40. The number of pyridine rings is 1. The lowest BCUT2D eigenvalue weighted by Crippen LogP contribution is -2.13. The number of nitrogens with one attached hydrogen (secondary N) is 1. The van der Waals surface area contributed by atoms with E-state index in [2.05, 4.69) is 20.3 Å². The Kier molecular flexibility index (Phi) is 5.63. The Hall–Kier alpha value is -4.35. The monoisotopic (exact) mass is 482 g/mol. The van der Waals surface area contributed by atoms with E-state index in [1.165, 1.54) is 0 Å². The number of ether oxygens (including phenoxy) is 1. The van der Waals surface area contributed by atoms with Gasteiger partial charge in [0, 0.05) is 35.3 Å². The lowest BCUT2D eigenvalue weighted by atomic mass is 10.1. The number of nitriles is 1. The van der Waals surface area contributed by atoms with Crippen LogP contribution in [-0.4, -0.2) is 25.1 Å². The molecule has 0 fully saturated rings. The van der Waals surface area contributed by atoms with Gasteiger partial charge in [0.1, 0.15) is 16.7 Å². The standard InChI is InChI=1S/C27H22N4O3S/c1-3-31-24-16-21(34-2)13-14-22(24)23(17-28)27(31)19-9-11-20(12-10-19)30-35(32,33)25-8-4-6-18-7-5-15-29-26(18)25/h4-16,30H,3H2,1-2H3. The number of methoxy groups -OCH3 is 1. The number of nitrogens with zero attached hydrogens (tertiary/aromatic N) is 3. The zero-order valence-corrected chi connectivity index (χ0v) is 20.0. The molecule has 8 heteroatoms. The van der Waals surface area contributed by atoms with Crippen LogP contribution < -0.4 is 9.46 Å². The maximum atomic E-state index is 13.1. The van der Waals surface area contributed by atoms with Gasteiger partial charge < -0.3 is 9.30 Å². The van der Waals surface area contributed by atoms with Crippen molar-refractivity contribution in [2.75, 3.05) is 11.8 Å². The van der Waals surface area contributed by atoms with Gasteiger partial charge >= 0.3 is 0 Å². The summed E-state index contributed by atoms with van der Waals surface area (Å²) >= 11 is 0. The second kappa shape index (κ2) is 8.78. The third-order valence-electron chi connectivity index (χ3n) is 6.00. The van der Waals surface area contributed by atoms with Gasteiger partial charge in [0.2, 0.25) is 0 Å². The fraction of sp³-hybridized carbons (Fsp3) is 0.111. The Morgan fingerprint density at radius 3 is 2.54 bits per heavy atom. The second-order valence-electron chi connectivity index (χ2n) is 7.98. The molecule has 174 valence electrons. The van der Waals surface area contributed by atoms with Crippen LogP contribution in [0.1, 0.15) is 12.5 Å². The Balaban J connectivity index is 1.54. The van der Waals surface area contributed by atoms with Crippen LogP contribution in [0.25, 0.3) is 33.1 Å². The summed E-state index contributed by atoms with van der Waals surface area (Å²) in [5, 5.41) is 11.5. The Morgan fingerprint density at radius 2 is 1.83 bits per heavy atom. The molecule has 2 heterocycles. The molecule has 0 radical (unpaired) electrons. The minimum atomic E-state index is -3.86. The predicted molar refractivity (Wildman–Crippen MR) is 137 cm³/mol. The van der Waals surface area contributed by atoms with Crippen LogP contribution in [0.2, 0.25) is 0 Å². The molecule has 1 N–H and O–H groups in total. The number of fused-ring (bicyclic) bond motifs is 2. The van der Waals surface area contributed by atoms with E-state index in [1.54, 1.807) is 43.6 Å². The van der Waals surface area contributed by atoms with E-state index in [4.69, 9.17) is 4.74 Å². The second-order valence-corrected chi connectivity index (χ2v) is 9.63. The lowest BCUT2D eigenvalue weighted by molar-refractivity contribution is 0.415. The third kappa shape index (κ3) is 3.86. The number of aromatic nitrogens is 2. The Labute approximate surface area is 203 Å². The molecule has 0 bridgehead atoms. The van der Waals surface area contributed by atoms with Crippen molar-refractivity contribution in [2.45, 2.75) is 18.4 Å². The van der Waals surface area contributed by atoms with Crippen molar-refractivity contribution in [3.63, 3.8) is 0 Å². The molecular formula is C27H22N4O3S. The third-order valence-corrected chi connectivity index (χ3v) is 7.41. The number of sulfonamides is 1. The van der Waals surface area contributed by atoms with Crippen molar-refractivity contribution in [3.05, 3.63) is 84.6 Å². The van der Waals surface area contributed by atoms with Gasteiger partial charge in [0.25, 0.3) is 10.0 Å². The number of aryl methyl sites for hydroxylation is 1. The van der Waals surface area contributed by atoms with E-state index in [0.717, 1.165) is 27.5 Å². The van der Waals surface area contributed by atoms with Crippen molar-refractivity contribution in [3.8, 4) is 23.1 Å². The zero-order valence-electron chi connectivity index (χ0n) is 19.2. The summed E-state index contributed by atoms with van der Waals surface area (Å²) in [6, 6.07) is 23.7. The van der Waals surface area contributed by atoms with E-state index in [0.29, 0.717) is 29.1 Å². The first-order chi connectivity index (χ1) is 17.0. The van der Waals surface area contributed by atoms with Crippen LogP contribution in [-0.2, 0) is 16.6 Å². The number of hydrogen-bond donors (Lipinski definition) is 1. The summed E-state index contributed by atoms with van der Waals surface area (Å²) in [5.41, 5.74) is 3.91. The largest absolute Gasteiger partial charge is 0.497 e. The summed E-state index contributed by atoms with van der Waals surface area (Å²) in [4.78, 5) is 4.37. The molecule has 0 amide bonds. The molecule has 0 spiro atoms. The highest BCUT2D eigenvalue weighted by molar-refractivity contribution is 7.93. The van der Waals surface area contributed by atoms with Crippen LogP contribution in [0.3, 0.4) is 0 Å². The number of para-hydroxylation sites is 1. The molecule has 5 aromatic rings. The van der Waals surface area contributed by atoms with Gasteiger partial charge in [0.05, 0.1) is 29.4 Å². The van der Waals surface area contributed by atoms with Crippen molar-refractivity contribution in [2.24, 2.45) is 0 Å². The number of anilines is 1. The van der Waals surface area contributed by atoms with Gasteiger partial charge in [-0.3, -0.25) is 9.71 Å². The first kappa shape index (κ1) is 22.4. The highest BCUT2D eigenvalue weighted by Gasteiger charge is 2.20. The lowest BCUT2D eigenvalue weighted by Gasteiger charge is -2.12. The number of rotatable bonds is 6. The minimum absolute atomic E-state index is 0.117. The summed E-state index contributed by atoms with van der Waals surface area (Å²) in [6.45, 7) is 2.67. The molecular weight excluding hydrogens is 460 g/mol. The molecule has 0 unspecified atom stereocenters. The Bertz CT molecular complexity index is 1710. The molecule has 0 atom stereocenters. The number of benzene rings is 3. The first-order valence-corrected chi connectivity index (χ1v) is 12.5. The van der Waals surface area contributed by atoms with Crippen LogP contribution in [0.15, 0.2) is 83.9 Å². The smallest absolute Gasteiger partial charge is 0.264 e. The molecule has 7 nitrogen and oxygen atoms in total. The Morgan fingerprint density at radius 1 is 1.06 bits per heavy atom. The van der Waals surface area contributed by atoms with Gasteiger partial charge in [-0.2, -0.15) is 5.26 Å². The number of hydrogen-bond acceptors (Lipinski definition) is 5. The summed E-state index contributed by atoms with van der Waals surface area (Å²) < 4.78 is 36.4. The van der Waals surface area contributed by atoms with E-state index in [1.807, 2.05) is 49.4 Å². The summed E-state index contributed by atoms with van der Waals surface area (Å²) in [5.74, 6) is 0.716. The molecule has 0 aliphatic carbocycles. The highest BCUT2D eigenvalue weighted by atomic mass is 32.2. The molecule has 5 rings (SSSR count). The minimum Gasteiger partial charge on any atom is -0.497 e. The summed E-state index contributed by atoms with van der Waals surface area (Å²) in [6.07, 6.45) is 1.57. The average Bonchev–Trinajstić information content (AvgIpc) is 3.21. The van der Waals surface area contributed by atoms with Gasteiger partial charge in [-0.1, -0.05) is 30.3 Å². The van der Waals surface area contributed by atoms with Gasteiger partial charge in [-0.25, -0.2) is 8.42 Å². The molecule has 0 saturated carbocycles. The van der Waals surface area contributed by atoms with Crippen molar-refractivity contribution in [1.82, 2.24) is 9.55 Å². The van der Waals surface area contributed by atoms with E-state index in [9.17, 15) is 13.7 Å². The molecule has 2 aromatic heterocycles. The maximum Gasteiger partial charge on any atom is 0.264 e. The SMILES string of the molecule is CCn1c(-c2ccc(NS(=O)(=O)c3cccc4cccnc34)cc2)c(C#N)c2ccc(OC)cc21. The van der Waals surface area contributed by atoms with Gasteiger partial charge in [-0.15, -0.1) is 0 Å². The van der Waals surface area contributed by atoms with Crippen molar-refractivity contribution in [1.29, 1.82) is 5.26 Å². The molecule has 0 saturated heterocycles. The molecule has 3 aromatic carbocycles. The van der Waals surface area contributed by atoms with Crippen molar-refractivity contribution >= 4 is 37.5 Å². The van der Waals surface area contributed by atoms with Crippen LogP contribution in [0.4, 0.5) is 5.69 Å². The first-order valence-electron chi connectivity index (χ1n) is 11.0. The quantitative estimate of drug-likeness (QED) is 0.342. The zero-order chi connectivity index (χ0) is 24.6.